The number of guanidine groups is 1. The summed E-state index contributed by atoms with van der Waals surface area (Å²) in [6.07, 6.45) is 5.09. The molecule has 2 fully saturated rings. The van der Waals surface area contributed by atoms with Crippen LogP contribution in [0.15, 0.2) is 35.3 Å². The molecule has 1 aliphatic carbocycles. The first-order valence-corrected chi connectivity index (χ1v) is 8.50. The van der Waals surface area contributed by atoms with Crippen LogP contribution in [0.3, 0.4) is 0 Å². The Morgan fingerprint density at radius 3 is 2.45 bits per heavy atom. The first kappa shape index (κ1) is 15.3. The number of rotatable bonds is 3. The van der Waals surface area contributed by atoms with E-state index in [0.717, 1.165) is 38.8 Å². The quantitative estimate of drug-likeness (QED) is 0.689. The van der Waals surface area contributed by atoms with E-state index in [2.05, 4.69) is 40.2 Å². The molecule has 4 nitrogen and oxygen atoms in total. The summed E-state index contributed by atoms with van der Waals surface area (Å²) in [5, 5.41) is 0. The first-order chi connectivity index (χ1) is 10.8. The number of morpholine rings is 1. The van der Waals surface area contributed by atoms with Crippen molar-refractivity contribution in [3.63, 3.8) is 0 Å². The summed E-state index contributed by atoms with van der Waals surface area (Å²) in [4.78, 5) is 6.77. The lowest BCUT2D eigenvalue weighted by atomic mass is 9.79. The van der Waals surface area contributed by atoms with Crippen molar-refractivity contribution < 1.29 is 4.74 Å². The Morgan fingerprint density at radius 2 is 1.77 bits per heavy atom. The average molecular weight is 301 g/mol. The Kier molecular flexibility index (Phi) is 5.33. The van der Waals surface area contributed by atoms with Gasteiger partial charge in [-0.05, 0) is 43.1 Å². The Bertz CT molecular complexity index is 474. The van der Waals surface area contributed by atoms with Gasteiger partial charge in [0.2, 0.25) is 0 Å². The maximum atomic E-state index is 6.10. The van der Waals surface area contributed by atoms with E-state index in [-0.39, 0.29) is 0 Å². The second-order valence-corrected chi connectivity index (χ2v) is 6.43. The minimum absolute atomic E-state index is 0.694. The molecule has 4 heteroatoms. The van der Waals surface area contributed by atoms with Crippen molar-refractivity contribution in [2.45, 2.75) is 31.6 Å². The zero-order valence-corrected chi connectivity index (χ0v) is 13.3. The molecule has 1 heterocycles. The van der Waals surface area contributed by atoms with Crippen LogP contribution in [-0.4, -0.2) is 43.7 Å². The Labute approximate surface area is 133 Å². The molecular formula is C18H27N3O. The van der Waals surface area contributed by atoms with Crippen LogP contribution in [0.1, 0.15) is 37.2 Å². The average Bonchev–Trinajstić information content (AvgIpc) is 2.61. The number of hydrogen-bond donors (Lipinski definition) is 1. The highest BCUT2D eigenvalue weighted by atomic mass is 16.5. The molecule has 0 radical (unpaired) electrons. The van der Waals surface area contributed by atoms with Crippen molar-refractivity contribution >= 4 is 5.96 Å². The Balaban J connectivity index is 1.45. The third-order valence-electron chi connectivity index (χ3n) is 4.96. The molecule has 22 heavy (non-hydrogen) atoms. The topological polar surface area (TPSA) is 50.8 Å². The van der Waals surface area contributed by atoms with Crippen LogP contribution in [-0.2, 0) is 4.74 Å². The van der Waals surface area contributed by atoms with Gasteiger partial charge in [0.1, 0.15) is 0 Å². The zero-order chi connectivity index (χ0) is 15.2. The number of aliphatic imine (C=N–C) groups is 1. The number of nitrogens with two attached hydrogens (primary N) is 1. The molecule has 3 rings (SSSR count). The molecule has 0 atom stereocenters. The fraction of sp³-hybridized carbons (Fsp3) is 0.611. The predicted octanol–water partition coefficient (Wildman–Crippen LogP) is 2.61. The maximum absolute atomic E-state index is 6.10. The molecule has 0 aromatic heterocycles. The van der Waals surface area contributed by atoms with E-state index in [4.69, 9.17) is 10.5 Å². The molecule has 1 saturated carbocycles. The third kappa shape index (κ3) is 4.01. The highest BCUT2D eigenvalue weighted by Gasteiger charge is 2.22. The summed E-state index contributed by atoms with van der Waals surface area (Å²) in [6.45, 7) is 4.15. The monoisotopic (exact) mass is 301 g/mol. The van der Waals surface area contributed by atoms with Gasteiger partial charge in [-0.2, -0.15) is 0 Å². The summed E-state index contributed by atoms with van der Waals surface area (Å²) >= 11 is 0. The van der Waals surface area contributed by atoms with Gasteiger partial charge in [-0.1, -0.05) is 30.3 Å². The molecule has 1 saturated heterocycles. The predicted molar refractivity (Wildman–Crippen MR) is 90.0 cm³/mol. The van der Waals surface area contributed by atoms with Crippen LogP contribution >= 0.6 is 0 Å². The molecule has 0 bridgehead atoms. The summed E-state index contributed by atoms with van der Waals surface area (Å²) in [7, 11) is 0. The van der Waals surface area contributed by atoms with Gasteiger partial charge in [-0.3, -0.25) is 4.99 Å². The second kappa shape index (κ2) is 7.63. The fourth-order valence-corrected chi connectivity index (χ4v) is 3.52. The molecule has 0 spiro atoms. The van der Waals surface area contributed by atoms with Crippen LogP contribution in [0.5, 0.6) is 0 Å². The highest BCUT2D eigenvalue weighted by Crippen LogP contribution is 2.35. The molecule has 0 amide bonds. The normalized spacial score (nSPS) is 26.9. The first-order valence-electron chi connectivity index (χ1n) is 8.50. The standard InChI is InChI=1S/C18H27N3O/c19-18(21-10-12-22-13-11-21)20-14-15-6-8-17(9-7-15)16-4-2-1-3-5-16/h1-5,15,17H,6-14H2,(H2,19,20). The molecule has 2 aliphatic rings. The van der Waals surface area contributed by atoms with E-state index in [9.17, 15) is 0 Å². The van der Waals surface area contributed by atoms with Gasteiger partial charge in [0.05, 0.1) is 13.2 Å². The smallest absolute Gasteiger partial charge is 0.191 e. The third-order valence-corrected chi connectivity index (χ3v) is 4.96. The van der Waals surface area contributed by atoms with Crippen molar-refractivity contribution in [2.75, 3.05) is 32.8 Å². The molecule has 1 aliphatic heterocycles. The van der Waals surface area contributed by atoms with E-state index in [0.29, 0.717) is 11.9 Å². The van der Waals surface area contributed by atoms with Crippen LogP contribution in [0.4, 0.5) is 0 Å². The summed E-state index contributed by atoms with van der Waals surface area (Å²) in [6, 6.07) is 10.9. The Morgan fingerprint density at radius 1 is 1.09 bits per heavy atom. The van der Waals surface area contributed by atoms with Gasteiger partial charge >= 0.3 is 0 Å². The van der Waals surface area contributed by atoms with E-state index < -0.39 is 0 Å². The van der Waals surface area contributed by atoms with Crippen molar-refractivity contribution in [1.29, 1.82) is 0 Å². The fourth-order valence-electron chi connectivity index (χ4n) is 3.52. The number of benzene rings is 1. The molecule has 0 unspecified atom stereocenters. The van der Waals surface area contributed by atoms with Crippen molar-refractivity contribution in [3.8, 4) is 0 Å². The second-order valence-electron chi connectivity index (χ2n) is 6.43. The molecule has 2 N–H and O–H groups in total. The molecular weight excluding hydrogens is 274 g/mol. The van der Waals surface area contributed by atoms with Crippen LogP contribution in [0, 0.1) is 5.92 Å². The molecule has 1 aromatic carbocycles. The zero-order valence-electron chi connectivity index (χ0n) is 13.3. The van der Waals surface area contributed by atoms with Gasteiger partial charge in [0, 0.05) is 19.6 Å². The van der Waals surface area contributed by atoms with E-state index in [1.54, 1.807) is 0 Å². The van der Waals surface area contributed by atoms with Gasteiger partial charge in [-0.15, -0.1) is 0 Å². The van der Waals surface area contributed by atoms with E-state index in [1.165, 1.54) is 31.2 Å². The van der Waals surface area contributed by atoms with Gasteiger partial charge in [-0.25, -0.2) is 0 Å². The minimum atomic E-state index is 0.694. The summed E-state index contributed by atoms with van der Waals surface area (Å²) in [5.41, 5.74) is 7.60. The number of nitrogens with zero attached hydrogens (tertiary/aromatic N) is 2. The summed E-state index contributed by atoms with van der Waals surface area (Å²) in [5.74, 6) is 2.13. The van der Waals surface area contributed by atoms with Gasteiger partial charge < -0.3 is 15.4 Å². The van der Waals surface area contributed by atoms with Crippen LogP contribution < -0.4 is 5.73 Å². The van der Waals surface area contributed by atoms with E-state index in [1.807, 2.05) is 0 Å². The van der Waals surface area contributed by atoms with Crippen molar-refractivity contribution in [3.05, 3.63) is 35.9 Å². The highest BCUT2D eigenvalue weighted by molar-refractivity contribution is 5.78. The van der Waals surface area contributed by atoms with Crippen molar-refractivity contribution in [2.24, 2.45) is 16.6 Å². The van der Waals surface area contributed by atoms with Crippen molar-refractivity contribution in [1.82, 2.24) is 4.90 Å². The van der Waals surface area contributed by atoms with Crippen LogP contribution in [0.2, 0.25) is 0 Å². The lowest BCUT2D eigenvalue weighted by Gasteiger charge is -2.30. The van der Waals surface area contributed by atoms with E-state index >= 15 is 0 Å². The lowest BCUT2D eigenvalue weighted by Crippen LogP contribution is -2.45. The molecule has 120 valence electrons. The van der Waals surface area contributed by atoms with Crippen LogP contribution in [0.25, 0.3) is 0 Å². The van der Waals surface area contributed by atoms with Gasteiger partial charge in [0.25, 0.3) is 0 Å². The lowest BCUT2D eigenvalue weighted by molar-refractivity contribution is 0.0673. The number of hydrogen-bond acceptors (Lipinski definition) is 2. The largest absolute Gasteiger partial charge is 0.378 e. The summed E-state index contributed by atoms with van der Waals surface area (Å²) < 4.78 is 5.35. The minimum Gasteiger partial charge on any atom is -0.378 e. The van der Waals surface area contributed by atoms with Gasteiger partial charge in [0.15, 0.2) is 5.96 Å². The Hall–Kier alpha value is -1.55. The SMILES string of the molecule is NC(=NCC1CCC(c2ccccc2)CC1)N1CCOCC1. The maximum Gasteiger partial charge on any atom is 0.191 e. The molecule has 1 aromatic rings. The number of ether oxygens (including phenoxy) is 1.